The van der Waals surface area contributed by atoms with Crippen molar-refractivity contribution in [1.29, 1.82) is 0 Å². The minimum Gasteiger partial charge on any atom is -0.548 e. The van der Waals surface area contributed by atoms with Crippen molar-refractivity contribution in [3.63, 3.8) is 0 Å². The first kappa shape index (κ1) is 19.3. The summed E-state index contributed by atoms with van der Waals surface area (Å²) in [6.07, 6.45) is -1.73. The molecule has 1 aromatic rings. The zero-order chi connectivity index (χ0) is 18.2. The largest absolute Gasteiger partial charge is 0.548 e. The molecule has 0 aliphatic carbocycles. The lowest BCUT2D eigenvalue weighted by molar-refractivity contribution is -0.308. The van der Waals surface area contributed by atoms with Gasteiger partial charge < -0.3 is 30.0 Å². The van der Waals surface area contributed by atoms with Crippen LogP contribution in [0.1, 0.15) is 26.3 Å². The number of carboxylic acid groups (broad SMARTS) is 1. The van der Waals surface area contributed by atoms with Gasteiger partial charge in [-0.1, -0.05) is 30.3 Å². The maximum Gasteiger partial charge on any atom is 0.408 e. The summed E-state index contributed by atoms with van der Waals surface area (Å²) in [6.45, 7) is 4.57. The first-order valence-electron chi connectivity index (χ1n) is 7.32. The summed E-state index contributed by atoms with van der Waals surface area (Å²) in [5.41, 5.74) is 0.0128. The topological polar surface area (TPSA) is 117 Å². The van der Waals surface area contributed by atoms with Crippen LogP contribution in [0.2, 0.25) is 0 Å². The number of hydrogen-bond acceptors (Lipinski definition) is 6. The molecule has 0 bridgehead atoms. The van der Waals surface area contributed by atoms with Crippen LogP contribution in [-0.4, -0.2) is 36.3 Å². The minimum absolute atomic E-state index is 0.0438. The number of rotatable bonds is 6. The van der Waals surface area contributed by atoms with Gasteiger partial charge in [0.15, 0.2) is 0 Å². The Hall–Kier alpha value is -2.77. The molecule has 0 radical (unpaired) electrons. The first-order chi connectivity index (χ1) is 11.2. The van der Waals surface area contributed by atoms with Crippen molar-refractivity contribution >= 4 is 18.2 Å². The first-order valence-corrected chi connectivity index (χ1v) is 7.32. The molecule has 1 atom stereocenters. The number of hydrogen-bond donors (Lipinski definition) is 2. The van der Waals surface area contributed by atoms with E-state index >= 15 is 0 Å². The zero-order valence-corrected chi connectivity index (χ0v) is 13.8. The Balaban J connectivity index is 2.41. The van der Waals surface area contributed by atoms with Gasteiger partial charge in [0.05, 0.1) is 12.0 Å². The maximum absolute atomic E-state index is 11.6. The van der Waals surface area contributed by atoms with Crippen LogP contribution in [0.5, 0.6) is 0 Å². The van der Waals surface area contributed by atoms with Crippen LogP contribution in [0, 0.1) is 0 Å². The van der Waals surface area contributed by atoms with Crippen LogP contribution < -0.4 is 15.7 Å². The molecule has 0 saturated heterocycles. The summed E-state index contributed by atoms with van der Waals surface area (Å²) >= 11 is 0. The molecular weight excluding hydrogens is 316 g/mol. The van der Waals surface area contributed by atoms with Crippen LogP contribution >= 0.6 is 0 Å². The maximum atomic E-state index is 11.6. The lowest BCUT2D eigenvalue weighted by Gasteiger charge is -2.24. The Morgan fingerprint density at radius 2 is 1.75 bits per heavy atom. The van der Waals surface area contributed by atoms with Gasteiger partial charge >= 0.3 is 12.2 Å². The van der Waals surface area contributed by atoms with E-state index in [1.165, 1.54) is 0 Å². The molecule has 24 heavy (non-hydrogen) atoms. The number of alkyl carbamates (subject to hydrolysis) is 2. The summed E-state index contributed by atoms with van der Waals surface area (Å²) in [5.74, 6) is -1.55. The van der Waals surface area contributed by atoms with Gasteiger partial charge in [-0.3, -0.25) is 0 Å². The molecule has 2 amide bonds. The van der Waals surface area contributed by atoms with Crippen molar-refractivity contribution < 1.29 is 29.0 Å². The standard InChI is InChI=1S/C16H22N2O6/c1-16(2,3)24-15(22)18-12(13(19)20)9-17-14(21)23-10-11-7-5-4-6-8-11/h4-8,12H,9-10H2,1-3H3,(H,17,21)(H,18,22)(H,19,20)/p-1/t12-/m0/s1. The number of carbonyl (C=O) groups excluding carboxylic acids is 3. The van der Waals surface area contributed by atoms with Crippen molar-refractivity contribution in [3.8, 4) is 0 Å². The van der Waals surface area contributed by atoms with E-state index in [2.05, 4.69) is 10.6 Å². The minimum atomic E-state index is -1.55. The highest BCUT2D eigenvalue weighted by Crippen LogP contribution is 2.06. The zero-order valence-electron chi connectivity index (χ0n) is 13.8. The van der Waals surface area contributed by atoms with E-state index in [9.17, 15) is 19.5 Å². The molecule has 1 aromatic carbocycles. The fraction of sp³-hybridized carbons (Fsp3) is 0.438. The molecule has 0 saturated carbocycles. The summed E-state index contributed by atoms with van der Waals surface area (Å²) in [5, 5.41) is 15.4. The Labute approximate surface area is 140 Å². The fourth-order valence-corrected chi connectivity index (χ4v) is 1.60. The predicted molar refractivity (Wildman–Crippen MR) is 82.8 cm³/mol. The summed E-state index contributed by atoms with van der Waals surface area (Å²) in [7, 11) is 0. The van der Waals surface area contributed by atoms with Crippen LogP contribution in [0.4, 0.5) is 9.59 Å². The van der Waals surface area contributed by atoms with Gasteiger partial charge in [0.2, 0.25) is 0 Å². The van der Waals surface area contributed by atoms with Crippen molar-refractivity contribution in [2.75, 3.05) is 6.54 Å². The summed E-state index contributed by atoms with van der Waals surface area (Å²) in [4.78, 5) is 34.1. The van der Waals surface area contributed by atoms with E-state index in [0.717, 1.165) is 5.56 Å². The number of benzene rings is 1. The number of carboxylic acids is 1. The van der Waals surface area contributed by atoms with Crippen molar-refractivity contribution in [2.45, 2.75) is 39.0 Å². The molecule has 0 heterocycles. The summed E-state index contributed by atoms with van der Waals surface area (Å²) < 4.78 is 9.88. The van der Waals surface area contributed by atoms with Crippen LogP contribution in [0.15, 0.2) is 30.3 Å². The van der Waals surface area contributed by atoms with Gasteiger partial charge in [-0.25, -0.2) is 9.59 Å². The fourth-order valence-electron chi connectivity index (χ4n) is 1.60. The van der Waals surface area contributed by atoms with Gasteiger partial charge in [0, 0.05) is 6.54 Å². The average Bonchev–Trinajstić information content (AvgIpc) is 2.48. The van der Waals surface area contributed by atoms with Crippen molar-refractivity contribution in [3.05, 3.63) is 35.9 Å². The monoisotopic (exact) mass is 337 g/mol. The number of nitrogens with one attached hydrogen (secondary N) is 2. The molecule has 8 nitrogen and oxygen atoms in total. The second-order valence-electron chi connectivity index (χ2n) is 5.96. The van der Waals surface area contributed by atoms with E-state index in [1.54, 1.807) is 45.0 Å². The number of ether oxygens (including phenoxy) is 2. The van der Waals surface area contributed by atoms with Gasteiger partial charge in [-0.15, -0.1) is 0 Å². The molecule has 0 unspecified atom stereocenters. The molecule has 132 valence electrons. The second-order valence-corrected chi connectivity index (χ2v) is 5.96. The molecule has 8 heteroatoms. The van der Waals surface area contributed by atoms with Crippen LogP contribution in [0.25, 0.3) is 0 Å². The lowest BCUT2D eigenvalue weighted by atomic mass is 10.2. The van der Waals surface area contributed by atoms with E-state index in [0.29, 0.717) is 0 Å². The van der Waals surface area contributed by atoms with Gasteiger partial charge in [-0.05, 0) is 26.3 Å². The van der Waals surface area contributed by atoms with Gasteiger partial charge in [0.1, 0.15) is 12.2 Å². The third kappa shape index (κ3) is 8.02. The predicted octanol–water partition coefficient (Wildman–Crippen LogP) is 0.556. The average molecular weight is 337 g/mol. The Kier molecular flexibility index (Phi) is 7.03. The van der Waals surface area contributed by atoms with E-state index in [-0.39, 0.29) is 6.61 Å². The Morgan fingerprint density at radius 1 is 1.12 bits per heavy atom. The molecule has 0 aromatic heterocycles. The molecule has 0 spiro atoms. The molecule has 0 aliphatic rings. The van der Waals surface area contributed by atoms with Crippen LogP contribution in [0.3, 0.4) is 0 Å². The van der Waals surface area contributed by atoms with E-state index < -0.39 is 36.3 Å². The van der Waals surface area contributed by atoms with Gasteiger partial charge in [-0.2, -0.15) is 0 Å². The Morgan fingerprint density at radius 3 is 2.29 bits per heavy atom. The van der Waals surface area contributed by atoms with E-state index in [1.807, 2.05) is 6.07 Å². The van der Waals surface area contributed by atoms with Crippen LogP contribution in [-0.2, 0) is 20.9 Å². The number of aliphatic carboxylic acids is 1. The lowest BCUT2D eigenvalue weighted by Crippen LogP contribution is -2.54. The van der Waals surface area contributed by atoms with Crippen molar-refractivity contribution in [2.24, 2.45) is 0 Å². The highest BCUT2D eigenvalue weighted by atomic mass is 16.6. The summed E-state index contributed by atoms with van der Waals surface area (Å²) in [6, 6.07) is 7.55. The normalized spacial score (nSPS) is 12.0. The quantitative estimate of drug-likeness (QED) is 0.783. The van der Waals surface area contributed by atoms with Crippen molar-refractivity contribution in [1.82, 2.24) is 10.6 Å². The smallest absolute Gasteiger partial charge is 0.408 e. The molecule has 0 fully saturated rings. The Bertz CT molecular complexity index is 568. The number of amides is 2. The second kappa shape index (κ2) is 8.76. The third-order valence-electron chi connectivity index (χ3n) is 2.64. The molecule has 0 aliphatic heterocycles. The highest BCUT2D eigenvalue weighted by Gasteiger charge is 2.20. The van der Waals surface area contributed by atoms with Gasteiger partial charge in [0.25, 0.3) is 0 Å². The number of carbonyl (C=O) groups is 3. The molecule has 2 N–H and O–H groups in total. The van der Waals surface area contributed by atoms with E-state index in [4.69, 9.17) is 9.47 Å². The molecular formula is C16H21N2O6-. The third-order valence-corrected chi connectivity index (χ3v) is 2.64. The SMILES string of the molecule is CC(C)(C)OC(=O)N[C@@H](CNC(=O)OCc1ccccc1)C(=O)[O-]. The highest BCUT2D eigenvalue weighted by molar-refractivity contribution is 5.79. The molecule has 1 rings (SSSR count).